The molecule has 2 N–H and O–H groups in total. The number of ether oxygens (including phenoxy) is 1. The predicted octanol–water partition coefficient (Wildman–Crippen LogP) is 4.83. The Labute approximate surface area is 311 Å². The van der Waals surface area contributed by atoms with Crippen molar-refractivity contribution < 1.29 is 32.6 Å². The van der Waals surface area contributed by atoms with Crippen molar-refractivity contribution in [2.24, 2.45) is 0 Å². The van der Waals surface area contributed by atoms with Crippen LogP contribution in [0.15, 0.2) is 47.5 Å². The fraction of sp³-hybridized carbons (Fsp3) is 0.361. The number of hydrogen-bond donors (Lipinski definition) is 2. The fourth-order valence-corrected chi connectivity index (χ4v) is 7.11. The van der Waals surface area contributed by atoms with Crippen molar-refractivity contribution in [1.82, 2.24) is 34.0 Å². The number of benzene rings is 2. The quantitative estimate of drug-likeness (QED) is 0.235. The van der Waals surface area contributed by atoms with Gasteiger partial charge in [0.25, 0.3) is 11.5 Å². The van der Waals surface area contributed by atoms with Crippen LogP contribution in [0.3, 0.4) is 0 Å². The number of nitrogens with one attached hydrogen (secondary N) is 1. The van der Waals surface area contributed by atoms with Crippen LogP contribution in [-0.2, 0) is 35.1 Å². The first-order valence-corrected chi connectivity index (χ1v) is 17.6. The third-order valence-electron chi connectivity index (χ3n) is 9.70. The number of nitrogens with zero attached hydrogens (tertiary/aromatic N) is 8. The highest BCUT2D eigenvalue weighted by Gasteiger charge is 2.32. The smallest absolute Gasteiger partial charge is 0.416 e. The average Bonchev–Trinajstić information content (AvgIpc) is 3.60. The van der Waals surface area contributed by atoms with Crippen LogP contribution >= 0.6 is 11.6 Å². The maximum Gasteiger partial charge on any atom is 0.416 e. The summed E-state index contributed by atoms with van der Waals surface area (Å²) in [6.45, 7) is 6.35. The van der Waals surface area contributed by atoms with Gasteiger partial charge in [-0.3, -0.25) is 14.4 Å². The highest BCUT2D eigenvalue weighted by molar-refractivity contribution is 6.33. The zero-order chi connectivity index (χ0) is 38.5. The Morgan fingerprint density at radius 3 is 2.56 bits per heavy atom. The number of halogens is 4. The molecule has 0 spiro atoms. The highest BCUT2D eigenvalue weighted by Crippen LogP contribution is 2.34. The molecule has 0 radical (unpaired) electrons. The second-order valence-corrected chi connectivity index (χ2v) is 13.4. The van der Waals surface area contributed by atoms with Crippen LogP contribution in [0.25, 0.3) is 17.2 Å². The number of aryl methyl sites for hydroxylation is 1. The van der Waals surface area contributed by atoms with Crippen molar-refractivity contribution in [2.75, 3.05) is 43.0 Å². The monoisotopic (exact) mass is 765 g/mol. The summed E-state index contributed by atoms with van der Waals surface area (Å²) in [5.74, 6) is -1.07. The van der Waals surface area contributed by atoms with Crippen molar-refractivity contribution in [3.63, 3.8) is 0 Å². The summed E-state index contributed by atoms with van der Waals surface area (Å²) in [4.78, 5) is 57.3. The Bertz CT molecular complexity index is 2360. The Kier molecular flexibility index (Phi) is 9.78. The second kappa shape index (κ2) is 14.4. The number of hydrogen-bond acceptors (Lipinski definition) is 10. The second-order valence-electron chi connectivity index (χ2n) is 13.0. The maximum absolute atomic E-state index is 14.4. The molecule has 2 amide bonds. The van der Waals surface area contributed by atoms with Crippen LogP contribution < -0.4 is 15.8 Å². The largest absolute Gasteiger partial charge is 0.504 e. The molecule has 2 aromatic carbocycles. The molecule has 0 unspecified atom stereocenters. The number of aromatic hydroxyl groups is 1. The molecule has 282 valence electrons. The molecular weight excluding hydrogens is 731 g/mol. The fourth-order valence-electron chi connectivity index (χ4n) is 6.88. The molecule has 1 saturated heterocycles. The molecule has 3 aromatic heterocycles. The van der Waals surface area contributed by atoms with Gasteiger partial charge in [-0.2, -0.15) is 22.7 Å². The van der Waals surface area contributed by atoms with E-state index in [1.165, 1.54) is 11.2 Å². The van der Waals surface area contributed by atoms with E-state index in [0.29, 0.717) is 24.3 Å². The van der Waals surface area contributed by atoms with Crippen molar-refractivity contribution in [3.05, 3.63) is 91.9 Å². The van der Waals surface area contributed by atoms with Gasteiger partial charge in [0, 0.05) is 31.7 Å². The van der Waals surface area contributed by atoms with E-state index in [4.69, 9.17) is 21.3 Å². The normalized spacial score (nSPS) is 16.1. The van der Waals surface area contributed by atoms with Crippen LogP contribution in [0.4, 0.5) is 24.5 Å². The minimum absolute atomic E-state index is 0.0230. The van der Waals surface area contributed by atoms with E-state index in [-0.39, 0.29) is 90.4 Å². The first kappa shape index (κ1) is 36.8. The molecule has 7 rings (SSSR count). The molecule has 2 aliphatic rings. The van der Waals surface area contributed by atoms with Gasteiger partial charge in [0.05, 0.1) is 40.4 Å². The summed E-state index contributed by atoms with van der Waals surface area (Å²) in [6, 6.07) is 8.39. The van der Waals surface area contributed by atoms with Crippen molar-refractivity contribution in [3.8, 4) is 17.1 Å². The molecule has 1 atom stereocenters. The zero-order valence-electron chi connectivity index (χ0n) is 29.4. The molecule has 5 heterocycles. The van der Waals surface area contributed by atoms with E-state index in [9.17, 15) is 32.7 Å². The molecule has 0 saturated carbocycles. The minimum Gasteiger partial charge on any atom is -0.504 e. The summed E-state index contributed by atoms with van der Waals surface area (Å²) in [5, 5.41) is 17.3. The van der Waals surface area contributed by atoms with Gasteiger partial charge in [-0.05, 0) is 62.1 Å². The van der Waals surface area contributed by atoms with Crippen LogP contribution in [0.2, 0.25) is 5.02 Å². The number of fused-ring (bicyclic) bond motifs is 2. The van der Waals surface area contributed by atoms with Crippen LogP contribution in [0, 0.1) is 6.92 Å². The van der Waals surface area contributed by atoms with Gasteiger partial charge in [-0.1, -0.05) is 30.7 Å². The predicted molar refractivity (Wildman–Crippen MR) is 192 cm³/mol. The number of piperazine rings is 1. The molecule has 14 nitrogen and oxygen atoms in total. The topological polar surface area (TPSA) is 160 Å². The number of rotatable bonds is 7. The lowest BCUT2D eigenvalue weighted by atomic mass is 9.96. The summed E-state index contributed by atoms with van der Waals surface area (Å²) < 4.78 is 48.3. The third-order valence-corrected chi connectivity index (χ3v) is 10.0. The summed E-state index contributed by atoms with van der Waals surface area (Å²) in [5.41, 5.74) is 2.18. The van der Waals surface area contributed by atoms with E-state index < -0.39 is 29.1 Å². The zero-order valence-corrected chi connectivity index (χ0v) is 30.2. The highest BCUT2D eigenvalue weighted by atomic mass is 35.5. The number of anilines is 2. The van der Waals surface area contributed by atoms with Crippen LogP contribution in [0.1, 0.15) is 58.5 Å². The lowest BCUT2D eigenvalue weighted by Gasteiger charge is -2.36. The van der Waals surface area contributed by atoms with Gasteiger partial charge in [0.15, 0.2) is 17.3 Å². The van der Waals surface area contributed by atoms with E-state index in [1.54, 1.807) is 11.5 Å². The number of alkyl halides is 3. The average molecular weight is 766 g/mol. The lowest BCUT2D eigenvalue weighted by Crippen LogP contribution is -2.51. The van der Waals surface area contributed by atoms with Crippen molar-refractivity contribution in [1.29, 1.82) is 0 Å². The van der Waals surface area contributed by atoms with Gasteiger partial charge in [0.2, 0.25) is 11.7 Å². The summed E-state index contributed by atoms with van der Waals surface area (Å²) in [7, 11) is 0. The van der Waals surface area contributed by atoms with Crippen molar-refractivity contribution >= 4 is 40.6 Å². The molecule has 18 heteroatoms. The summed E-state index contributed by atoms with van der Waals surface area (Å²) >= 11 is 6.15. The molecule has 2 aliphatic heterocycles. The number of amides is 2. The number of carbonyl (C=O) groups is 2. The standard InChI is InChI=1S/C36H35ClF3N9O5/c1-4-27-30(46-10-12-47(13-11-46)33(52)29-31(51)19(2)41-18-42-29)34(53)49-35(44-32(45-49)22-5-7-24-20(3)54-14-9-21(24)15-22)48(27)17-28(50)43-26-8-6-23(16-25(26)37)36(38,39)40/h5-8,15-16,18,20,51H,4,9-14,17H2,1-3H3,(H,43,50)/t20-/m0/s1. The van der Waals surface area contributed by atoms with Gasteiger partial charge >= 0.3 is 6.18 Å². The Morgan fingerprint density at radius 2 is 1.85 bits per heavy atom. The molecule has 1 fully saturated rings. The Balaban J connectivity index is 1.26. The molecule has 54 heavy (non-hydrogen) atoms. The SMILES string of the molecule is CCc1c(N2CCN(C(=O)c3ncnc(C)c3O)CC2)c(=O)n2nc(-c3ccc4c(c3)CCO[C@H]4C)nc2n1CC(=O)Nc1ccc(C(F)(F)F)cc1Cl. The Morgan fingerprint density at radius 1 is 1.09 bits per heavy atom. The molecular formula is C36H35ClF3N9O5. The number of aromatic nitrogens is 6. The van der Waals surface area contributed by atoms with Crippen molar-refractivity contribution in [2.45, 2.75) is 52.4 Å². The third kappa shape index (κ3) is 6.84. The van der Waals surface area contributed by atoms with Gasteiger partial charge in [-0.25, -0.2) is 9.97 Å². The summed E-state index contributed by atoms with van der Waals surface area (Å²) in [6.07, 6.45) is -2.52. The molecule has 0 aliphatic carbocycles. The van der Waals surface area contributed by atoms with E-state index >= 15 is 0 Å². The maximum atomic E-state index is 14.4. The number of carbonyl (C=O) groups excluding carboxylic acids is 2. The van der Waals surface area contributed by atoms with Gasteiger partial charge < -0.3 is 29.5 Å². The first-order chi connectivity index (χ1) is 25.7. The minimum atomic E-state index is -4.62. The Hall–Kier alpha value is -5.55. The lowest BCUT2D eigenvalue weighted by molar-refractivity contribution is -0.137. The molecule has 0 bridgehead atoms. The van der Waals surface area contributed by atoms with E-state index in [1.807, 2.05) is 36.9 Å². The van der Waals surface area contributed by atoms with E-state index in [2.05, 4.69) is 20.4 Å². The van der Waals surface area contributed by atoms with Gasteiger partial charge in [-0.15, -0.1) is 5.10 Å². The molecule has 5 aromatic rings. The van der Waals surface area contributed by atoms with Crippen LogP contribution in [0.5, 0.6) is 5.75 Å². The van der Waals surface area contributed by atoms with Crippen LogP contribution in [-0.4, -0.2) is 83.7 Å². The van der Waals surface area contributed by atoms with Gasteiger partial charge in [0.1, 0.15) is 18.6 Å². The first-order valence-electron chi connectivity index (χ1n) is 17.2. The van der Waals surface area contributed by atoms with E-state index in [0.717, 1.165) is 33.8 Å².